The van der Waals surface area contributed by atoms with E-state index in [0.717, 1.165) is 38.2 Å². The molecule has 0 aromatic heterocycles. The molecular formula is C13H18BrFN2. The van der Waals surface area contributed by atoms with Crippen LogP contribution in [0, 0.1) is 5.82 Å². The second-order valence-corrected chi connectivity index (χ2v) is 5.45. The maximum absolute atomic E-state index is 13.4. The minimum atomic E-state index is -0.177. The van der Waals surface area contributed by atoms with Crippen LogP contribution < -0.4 is 5.32 Å². The number of hydrogen-bond donors (Lipinski definition) is 1. The summed E-state index contributed by atoms with van der Waals surface area (Å²) in [5.41, 5.74) is 1.03. The molecule has 0 bridgehead atoms. The second-order valence-electron chi connectivity index (χ2n) is 4.66. The van der Waals surface area contributed by atoms with Gasteiger partial charge in [0.15, 0.2) is 0 Å². The van der Waals surface area contributed by atoms with Gasteiger partial charge in [-0.1, -0.05) is 12.1 Å². The molecule has 1 fully saturated rings. The van der Waals surface area contributed by atoms with E-state index in [9.17, 15) is 4.39 Å². The van der Waals surface area contributed by atoms with E-state index in [-0.39, 0.29) is 5.82 Å². The summed E-state index contributed by atoms with van der Waals surface area (Å²) in [4.78, 5) is 2.38. The molecular weight excluding hydrogens is 283 g/mol. The first-order valence-corrected chi connectivity index (χ1v) is 6.85. The van der Waals surface area contributed by atoms with Crippen molar-refractivity contribution in [1.29, 1.82) is 0 Å². The molecule has 1 aliphatic rings. The van der Waals surface area contributed by atoms with E-state index in [2.05, 4.69) is 33.1 Å². The number of nitrogens with zero attached hydrogens (tertiary/aromatic N) is 1. The largest absolute Gasteiger partial charge is 0.313 e. The first kappa shape index (κ1) is 13.0. The fourth-order valence-corrected chi connectivity index (χ4v) is 2.64. The zero-order chi connectivity index (χ0) is 12.3. The third-order valence-corrected chi connectivity index (χ3v) is 3.99. The maximum Gasteiger partial charge on any atom is 0.137 e. The number of hydrogen-bond acceptors (Lipinski definition) is 2. The van der Waals surface area contributed by atoms with Gasteiger partial charge in [-0.25, -0.2) is 4.39 Å². The predicted octanol–water partition coefficient (Wildman–Crippen LogP) is 2.77. The standard InChI is InChI=1S/C13H18BrFN2/c1-10-8-17(7-3-6-16-10)9-11-4-2-5-12(15)13(11)14/h2,4-5,10,16H,3,6-9H2,1H3. The Labute approximate surface area is 110 Å². The number of halogens is 2. The first-order valence-electron chi connectivity index (χ1n) is 6.05. The van der Waals surface area contributed by atoms with Crippen molar-refractivity contribution in [2.24, 2.45) is 0 Å². The van der Waals surface area contributed by atoms with Crippen LogP contribution in [0.15, 0.2) is 22.7 Å². The summed E-state index contributed by atoms with van der Waals surface area (Å²) in [6.45, 7) is 6.16. The van der Waals surface area contributed by atoms with Gasteiger partial charge >= 0.3 is 0 Å². The summed E-state index contributed by atoms with van der Waals surface area (Å²) >= 11 is 3.32. The van der Waals surface area contributed by atoms with Crippen LogP contribution in [0.25, 0.3) is 0 Å². The number of nitrogens with one attached hydrogen (secondary N) is 1. The molecule has 1 aliphatic heterocycles. The summed E-state index contributed by atoms with van der Waals surface area (Å²) in [7, 11) is 0. The quantitative estimate of drug-likeness (QED) is 0.903. The van der Waals surface area contributed by atoms with Gasteiger partial charge < -0.3 is 5.32 Å². The molecule has 1 aromatic rings. The summed E-state index contributed by atoms with van der Waals surface area (Å²) in [5.74, 6) is -0.177. The topological polar surface area (TPSA) is 15.3 Å². The lowest BCUT2D eigenvalue weighted by atomic mass is 10.2. The van der Waals surface area contributed by atoms with Crippen LogP contribution >= 0.6 is 15.9 Å². The molecule has 1 atom stereocenters. The van der Waals surface area contributed by atoms with E-state index in [4.69, 9.17) is 0 Å². The van der Waals surface area contributed by atoms with Gasteiger partial charge in [-0.2, -0.15) is 0 Å². The van der Waals surface area contributed by atoms with Crippen molar-refractivity contribution in [2.75, 3.05) is 19.6 Å². The van der Waals surface area contributed by atoms with Gasteiger partial charge in [0.1, 0.15) is 5.82 Å². The highest BCUT2D eigenvalue weighted by Gasteiger charge is 2.15. The van der Waals surface area contributed by atoms with Crippen molar-refractivity contribution < 1.29 is 4.39 Å². The summed E-state index contributed by atoms with van der Waals surface area (Å²) in [6, 6.07) is 5.75. The Balaban J connectivity index is 2.06. The zero-order valence-corrected chi connectivity index (χ0v) is 11.6. The minimum absolute atomic E-state index is 0.177. The monoisotopic (exact) mass is 300 g/mol. The van der Waals surface area contributed by atoms with Crippen LogP contribution in [0.3, 0.4) is 0 Å². The fraction of sp³-hybridized carbons (Fsp3) is 0.538. The molecule has 17 heavy (non-hydrogen) atoms. The summed E-state index contributed by atoms with van der Waals surface area (Å²) in [6.07, 6.45) is 1.15. The van der Waals surface area contributed by atoms with Crippen LogP contribution in [-0.2, 0) is 6.54 Å². The smallest absolute Gasteiger partial charge is 0.137 e. The van der Waals surface area contributed by atoms with Crippen LogP contribution in [0.5, 0.6) is 0 Å². The second kappa shape index (κ2) is 5.94. The molecule has 4 heteroatoms. The molecule has 0 aliphatic carbocycles. The predicted molar refractivity (Wildman–Crippen MR) is 71.5 cm³/mol. The highest BCUT2D eigenvalue weighted by molar-refractivity contribution is 9.10. The van der Waals surface area contributed by atoms with Gasteiger partial charge in [0.2, 0.25) is 0 Å². The van der Waals surface area contributed by atoms with E-state index in [1.165, 1.54) is 6.07 Å². The van der Waals surface area contributed by atoms with Crippen molar-refractivity contribution in [3.63, 3.8) is 0 Å². The molecule has 1 aromatic carbocycles. The van der Waals surface area contributed by atoms with Gasteiger partial charge in [-0.3, -0.25) is 4.90 Å². The van der Waals surface area contributed by atoms with Gasteiger partial charge in [0.25, 0.3) is 0 Å². The van der Waals surface area contributed by atoms with Gasteiger partial charge in [-0.05, 0) is 54.0 Å². The highest BCUT2D eigenvalue weighted by Crippen LogP contribution is 2.22. The Morgan fingerprint density at radius 3 is 3.18 bits per heavy atom. The normalized spacial score (nSPS) is 22.4. The average molecular weight is 301 g/mol. The Bertz CT molecular complexity index is 384. The number of benzene rings is 1. The van der Waals surface area contributed by atoms with Crippen LogP contribution in [0.2, 0.25) is 0 Å². The molecule has 0 spiro atoms. The number of rotatable bonds is 2. The van der Waals surface area contributed by atoms with Crippen LogP contribution in [-0.4, -0.2) is 30.6 Å². The maximum atomic E-state index is 13.4. The summed E-state index contributed by atoms with van der Waals surface area (Å²) < 4.78 is 14.0. The SMILES string of the molecule is CC1CN(Cc2cccc(F)c2Br)CCCN1. The Kier molecular flexibility index (Phi) is 4.54. The van der Waals surface area contributed by atoms with E-state index in [1.54, 1.807) is 6.07 Å². The van der Waals surface area contributed by atoms with Gasteiger partial charge in [0.05, 0.1) is 4.47 Å². The minimum Gasteiger partial charge on any atom is -0.313 e. The molecule has 94 valence electrons. The van der Waals surface area contributed by atoms with E-state index >= 15 is 0 Å². The lowest BCUT2D eigenvalue weighted by Gasteiger charge is -2.22. The molecule has 1 N–H and O–H groups in total. The molecule has 0 saturated carbocycles. The average Bonchev–Trinajstić information content (AvgIpc) is 2.49. The summed E-state index contributed by atoms with van der Waals surface area (Å²) in [5, 5.41) is 3.46. The first-order chi connectivity index (χ1) is 8.16. The van der Waals surface area contributed by atoms with Crippen LogP contribution in [0.4, 0.5) is 4.39 Å². The van der Waals surface area contributed by atoms with Crippen molar-refractivity contribution in [3.05, 3.63) is 34.1 Å². The molecule has 2 nitrogen and oxygen atoms in total. The van der Waals surface area contributed by atoms with E-state index < -0.39 is 0 Å². The molecule has 1 saturated heterocycles. The van der Waals surface area contributed by atoms with Gasteiger partial charge in [0, 0.05) is 19.1 Å². The Morgan fingerprint density at radius 2 is 2.35 bits per heavy atom. The zero-order valence-electron chi connectivity index (χ0n) is 10.0. The van der Waals surface area contributed by atoms with E-state index in [0.29, 0.717) is 10.5 Å². The van der Waals surface area contributed by atoms with Gasteiger partial charge in [-0.15, -0.1) is 0 Å². The van der Waals surface area contributed by atoms with Crippen LogP contribution in [0.1, 0.15) is 18.9 Å². The molecule has 1 unspecified atom stereocenters. The molecule has 0 amide bonds. The Hall–Kier alpha value is -0.450. The fourth-order valence-electron chi connectivity index (χ4n) is 2.25. The van der Waals surface area contributed by atoms with E-state index in [1.807, 2.05) is 6.07 Å². The molecule has 0 radical (unpaired) electrons. The van der Waals surface area contributed by atoms with Crippen molar-refractivity contribution in [3.8, 4) is 0 Å². The molecule has 2 rings (SSSR count). The van der Waals surface area contributed by atoms with Crippen molar-refractivity contribution >= 4 is 15.9 Å². The Morgan fingerprint density at radius 1 is 1.53 bits per heavy atom. The third kappa shape index (κ3) is 3.50. The lowest BCUT2D eigenvalue weighted by molar-refractivity contribution is 0.264. The van der Waals surface area contributed by atoms with Crippen molar-refractivity contribution in [1.82, 2.24) is 10.2 Å². The lowest BCUT2D eigenvalue weighted by Crippen LogP contribution is -2.35. The highest BCUT2D eigenvalue weighted by atomic mass is 79.9. The van der Waals surface area contributed by atoms with Crippen molar-refractivity contribution in [2.45, 2.75) is 25.9 Å². The third-order valence-electron chi connectivity index (χ3n) is 3.10. The molecule has 1 heterocycles.